The number of hydrogen-bond donors (Lipinski definition) is 0. The average Bonchev–Trinajstić information content (AvgIpc) is 2.60. The summed E-state index contributed by atoms with van der Waals surface area (Å²) in [5.74, 6) is 0.444. The molecule has 2 aliphatic heterocycles. The highest BCUT2D eigenvalue weighted by atomic mass is 16.5. The maximum atomic E-state index is 11.9. The first kappa shape index (κ1) is 8.95. The van der Waals surface area contributed by atoms with Gasteiger partial charge in [-0.1, -0.05) is 32.9 Å². The van der Waals surface area contributed by atoms with E-state index in [-0.39, 0.29) is 23.5 Å². The van der Waals surface area contributed by atoms with Gasteiger partial charge in [0.05, 0.1) is 18.1 Å². The normalized spacial score (nSPS) is 37.0. The molecule has 0 spiro atoms. The van der Waals surface area contributed by atoms with Crippen LogP contribution in [0.2, 0.25) is 0 Å². The third-order valence-corrected chi connectivity index (χ3v) is 2.81. The van der Waals surface area contributed by atoms with Gasteiger partial charge in [-0.25, -0.2) is 0 Å². The van der Waals surface area contributed by atoms with Gasteiger partial charge in [0, 0.05) is 5.41 Å². The Hall–Kier alpha value is -0.630. The van der Waals surface area contributed by atoms with Crippen LogP contribution in [0.3, 0.4) is 0 Å². The fourth-order valence-electron chi connectivity index (χ4n) is 2.09. The van der Waals surface area contributed by atoms with E-state index in [1.54, 1.807) is 0 Å². The molecule has 2 heterocycles. The van der Waals surface area contributed by atoms with Gasteiger partial charge in [-0.15, -0.1) is 0 Å². The van der Waals surface area contributed by atoms with Crippen LogP contribution in [-0.2, 0) is 9.53 Å². The molecule has 0 aromatic heterocycles. The minimum atomic E-state index is -0.230. The third-order valence-electron chi connectivity index (χ3n) is 2.81. The van der Waals surface area contributed by atoms with Crippen LogP contribution < -0.4 is 0 Å². The molecule has 0 N–H and O–H groups in total. The van der Waals surface area contributed by atoms with Crippen LogP contribution in [0.25, 0.3) is 0 Å². The van der Waals surface area contributed by atoms with Crippen molar-refractivity contribution in [1.82, 2.24) is 0 Å². The second-order valence-electron chi connectivity index (χ2n) is 4.98. The van der Waals surface area contributed by atoms with Crippen molar-refractivity contribution in [2.24, 2.45) is 11.3 Å². The van der Waals surface area contributed by atoms with E-state index in [1.165, 1.54) is 0 Å². The van der Waals surface area contributed by atoms with Crippen molar-refractivity contribution in [3.8, 4) is 0 Å². The largest absolute Gasteiger partial charge is 0.366 e. The molecule has 2 heteroatoms. The summed E-state index contributed by atoms with van der Waals surface area (Å²) in [5.41, 5.74) is -0.230. The van der Waals surface area contributed by atoms with Crippen molar-refractivity contribution in [1.29, 1.82) is 0 Å². The highest BCUT2D eigenvalue weighted by Gasteiger charge is 2.43. The van der Waals surface area contributed by atoms with Crippen LogP contribution in [-0.4, -0.2) is 18.0 Å². The standard InChI is InChI=1S/C11H16O2/c1-11(2,3)10(12)8-6-7-4-5-9(8)13-7/h4-5,7-9H,6H2,1-3H3. The summed E-state index contributed by atoms with van der Waals surface area (Å²) in [6.45, 7) is 5.93. The third kappa shape index (κ3) is 1.44. The van der Waals surface area contributed by atoms with Gasteiger partial charge in [0.1, 0.15) is 5.78 Å². The molecule has 0 radical (unpaired) electrons. The zero-order valence-electron chi connectivity index (χ0n) is 8.41. The molecular weight excluding hydrogens is 164 g/mol. The van der Waals surface area contributed by atoms with Gasteiger partial charge in [0.15, 0.2) is 0 Å². The predicted molar refractivity (Wildman–Crippen MR) is 50.4 cm³/mol. The fraction of sp³-hybridized carbons (Fsp3) is 0.727. The Morgan fingerprint density at radius 2 is 2.08 bits per heavy atom. The van der Waals surface area contributed by atoms with Gasteiger partial charge in [-0.2, -0.15) is 0 Å². The number of carbonyl (C=O) groups is 1. The Morgan fingerprint density at radius 1 is 1.38 bits per heavy atom. The molecule has 0 aromatic rings. The number of fused-ring (bicyclic) bond motifs is 2. The lowest BCUT2D eigenvalue weighted by atomic mass is 9.78. The van der Waals surface area contributed by atoms with Gasteiger partial charge in [0.25, 0.3) is 0 Å². The molecule has 2 rings (SSSR count). The van der Waals surface area contributed by atoms with Crippen molar-refractivity contribution in [3.05, 3.63) is 12.2 Å². The highest BCUT2D eigenvalue weighted by molar-refractivity contribution is 5.87. The number of Topliss-reactive ketones (excluding diaryl/α,β-unsaturated/α-hetero) is 1. The molecule has 72 valence electrons. The van der Waals surface area contributed by atoms with E-state index in [0.29, 0.717) is 5.78 Å². The van der Waals surface area contributed by atoms with Gasteiger partial charge in [-0.3, -0.25) is 4.79 Å². The molecule has 2 bridgehead atoms. The van der Waals surface area contributed by atoms with Gasteiger partial charge in [0.2, 0.25) is 0 Å². The molecule has 2 nitrogen and oxygen atoms in total. The highest BCUT2D eigenvalue weighted by Crippen LogP contribution is 2.37. The number of carbonyl (C=O) groups excluding carboxylic acids is 1. The van der Waals surface area contributed by atoms with Crippen LogP contribution in [0.4, 0.5) is 0 Å². The Labute approximate surface area is 79.0 Å². The minimum absolute atomic E-state index is 0.0664. The second kappa shape index (κ2) is 2.68. The van der Waals surface area contributed by atoms with Crippen molar-refractivity contribution >= 4 is 5.78 Å². The van der Waals surface area contributed by atoms with E-state index in [2.05, 4.69) is 6.08 Å². The topological polar surface area (TPSA) is 26.3 Å². The maximum absolute atomic E-state index is 11.9. The average molecular weight is 180 g/mol. The maximum Gasteiger partial charge on any atom is 0.144 e. The predicted octanol–water partition coefficient (Wildman–Crippen LogP) is 1.95. The summed E-state index contributed by atoms with van der Waals surface area (Å²) in [5, 5.41) is 0. The zero-order chi connectivity index (χ0) is 9.64. The smallest absolute Gasteiger partial charge is 0.144 e. The first-order valence-electron chi connectivity index (χ1n) is 4.86. The van der Waals surface area contributed by atoms with Crippen molar-refractivity contribution in [2.45, 2.75) is 39.4 Å². The van der Waals surface area contributed by atoms with Crippen molar-refractivity contribution in [3.63, 3.8) is 0 Å². The molecule has 1 saturated heterocycles. The molecule has 3 atom stereocenters. The summed E-state index contributed by atoms with van der Waals surface area (Å²) in [4.78, 5) is 11.9. The molecular formula is C11H16O2. The lowest BCUT2D eigenvalue weighted by Crippen LogP contribution is -2.33. The summed E-state index contributed by atoms with van der Waals surface area (Å²) >= 11 is 0. The quantitative estimate of drug-likeness (QED) is 0.576. The Bertz CT molecular complexity index is 260. The van der Waals surface area contributed by atoms with Crippen LogP contribution in [0, 0.1) is 11.3 Å². The molecule has 2 aliphatic rings. The molecule has 0 amide bonds. The molecule has 1 fully saturated rings. The Balaban J connectivity index is 2.12. The van der Waals surface area contributed by atoms with E-state index in [9.17, 15) is 4.79 Å². The zero-order valence-corrected chi connectivity index (χ0v) is 8.41. The first-order chi connectivity index (χ1) is 5.98. The molecule has 13 heavy (non-hydrogen) atoms. The fourth-order valence-corrected chi connectivity index (χ4v) is 2.09. The van der Waals surface area contributed by atoms with E-state index >= 15 is 0 Å². The molecule has 0 saturated carbocycles. The van der Waals surface area contributed by atoms with Crippen LogP contribution in [0.5, 0.6) is 0 Å². The summed E-state index contributed by atoms with van der Waals surface area (Å²) in [7, 11) is 0. The van der Waals surface area contributed by atoms with Crippen LogP contribution >= 0.6 is 0 Å². The van der Waals surface area contributed by atoms with Crippen LogP contribution in [0.15, 0.2) is 12.2 Å². The number of hydrogen-bond acceptors (Lipinski definition) is 2. The molecule has 0 aliphatic carbocycles. The number of ketones is 1. The van der Waals surface area contributed by atoms with E-state index in [1.807, 2.05) is 26.8 Å². The number of ether oxygens (including phenoxy) is 1. The monoisotopic (exact) mass is 180 g/mol. The summed E-state index contributed by atoms with van der Waals surface area (Å²) in [6, 6.07) is 0. The van der Waals surface area contributed by atoms with Crippen molar-refractivity contribution < 1.29 is 9.53 Å². The van der Waals surface area contributed by atoms with Gasteiger partial charge in [-0.05, 0) is 6.42 Å². The minimum Gasteiger partial charge on any atom is -0.366 e. The second-order valence-corrected chi connectivity index (χ2v) is 4.98. The lowest BCUT2D eigenvalue weighted by Gasteiger charge is -2.23. The Morgan fingerprint density at radius 3 is 2.46 bits per heavy atom. The summed E-state index contributed by atoms with van der Waals surface area (Å²) < 4.78 is 5.57. The SMILES string of the molecule is CC(C)(C)C(=O)C1CC2C=CC1O2. The summed E-state index contributed by atoms with van der Waals surface area (Å²) in [6.07, 6.45) is 5.26. The van der Waals surface area contributed by atoms with Gasteiger partial charge < -0.3 is 4.74 Å². The van der Waals surface area contributed by atoms with Gasteiger partial charge >= 0.3 is 0 Å². The van der Waals surface area contributed by atoms with E-state index < -0.39 is 0 Å². The Kier molecular flexibility index (Phi) is 1.84. The van der Waals surface area contributed by atoms with E-state index in [0.717, 1.165) is 6.42 Å². The first-order valence-corrected chi connectivity index (χ1v) is 4.86. The lowest BCUT2D eigenvalue weighted by molar-refractivity contribution is -0.131. The van der Waals surface area contributed by atoms with Crippen LogP contribution in [0.1, 0.15) is 27.2 Å². The van der Waals surface area contributed by atoms with E-state index in [4.69, 9.17) is 4.74 Å². The molecule has 3 unspecified atom stereocenters. The molecule has 0 aromatic carbocycles. The van der Waals surface area contributed by atoms with Crippen molar-refractivity contribution in [2.75, 3.05) is 0 Å². The number of rotatable bonds is 1.